The Morgan fingerprint density at radius 2 is 1.70 bits per heavy atom. The summed E-state index contributed by atoms with van der Waals surface area (Å²) in [6.45, 7) is 1.21. The van der Waals surface area contributed by atoms with Crippen LogP contribution in [0.5, 0.6) is 5.75 Å². The maximum atomic E-state index is 13.1. The van der Waals surface area contributed by atoms with E-state index < -0.39 is 10.0 Å². The summed E-state index contributed by atoms with van der Waals surface area (Å²) in [6.07, 6.45) is 4.00. The lowest BCUT2D eigenvalue weighted by Crippen LogP contribution is -2.45. The van der Waals surface area contributed by atoms with E-state index in [1.54, 1.807) is 25.3 Å². The van der Waals surface area contributed by atoms with Gasteiger partial charge in [0, 0.05) is 18.5 Å². The zero-order chi connectivity index (χ0) is 23.0. The number of likely N-dealkylation sites (tertiary alicyclic amines) is 1. The van der Waals surface area contributed by atoms with Gasteiger partial charge in [0.2, 0.25) is 5.91 Å². The molecule has 0 saturated carbocycles. The Hall–Kier alpha value is -3.06. The Balaban J connectivity index is 1.19. The van der Waals surface area contributed by atoms with Crippen molar-refractivity contribution in [3.8, 4) is 5.75 Å². The number of hydrogen-bond donors (Lipinski definition) is 0. The Bertz CT molecular complexity index is 1270. The van der Waals surface area contributed by atoms with Gasteiger partial charge in [-0.25, -0.2) is 8.42 Å². The van der Waals surface area contributed by atoms with Gasteiger partial charge in [-0.15, -0.1) is 0 Å². The van der Waals surface area contributed by atoms with Crippen LogP contribution in [0, 0.1) is 5.92 Å². The van der Waals surface area contributed by atoms with Crippen molar-refractivity contribution in [3.63, 3.8) is 0 Å². The highest BCUT2D eigenvalue weighted by molar-refractivity contribution is 7.93. The van der Waals surface area contributed by atoms with Crippen LogP contribution in [0.3, 0.4) is 0 Å². The quantitative estimate of drug-likeness (QED) is 0.548. The van der Waals surface area contributed by atoms with Crippen LogP contribution < -0.4 is 9.04 Å². The molecule has 2 aliphatic heterocycles. The number of carbonyl (C=O) groups is 1. The molecule has 6 nitrogen and oxygen atoms in total. The summed E-state index contributed by atoms with van der Waals surface area (Å²) in [5.74, 6) is 1.31. The van der Waals surface area contributed by atoms with Gasteiger partial charge in [0.1, 0.15) is 12.3 Å². The molecule has 0 aromatic heterocycles. The Morgan fingerprint density at radius 1 is 1.00 bits per heavy atom. The number of nitrogens with zero attached hydrogens (tertiary/aromatic N) is 2. The van der Waals surface area contributed by atoms with Crippen molar-refractivity contribution in [2.75, 3.05) is 31.0 Å². The summed E-state index contributed by atoms with van der Waals surface area (Å²) in [5.41, 5.74) is 1.90. The third kappa shape index (κ3) is 4.06. The van der Waals surface area contributed by atoms with E-state index in [1.807, 2.05) is 35.2 Å². The third-order valence-corrected chi connectivity index (χ3v) is 8.73. The maximum Gasteiger partial charge on any atom is 0.265 e. The van der Waals surface area contributed by atoms with Crippen molar-refractivity contribution in [2.24, 2.45) is 5.92 Å². The molecule has 3 aromatic carbocycles. The summed E-state index contributed by atoms with van der Waals surface area (Å²) < 4.78 is 32.8. The van der Waals surface area contributed by atoms with Crippen LogP contribution in [0.1, 0.15) is 24.8 Å². The molecule has 0 unspecified atom stereocenters. The average molecular weight is 465 g/mol. The van der Waals surface area contributed by atoms with Crippen LogP contribution in [0.4, 0.5) is 5.69 Å². The second-order valence-corrected chi connectivity index (χ2v) is 10.7. The van der Waals surface area contributed by atoms with Crippen LogP contribution in [0.25, 0.3) is 10.8 Å². The highest BCUT2D eigenvalue weighted by atomic mass is 32.2. The zero-order valence-electron chi connectivity index (χ0n) is 18.7. The lowest BCUT2D eigenvalue weighted by Gasteiger charge is -2.33. The first-order valence-electron chi connectivity index (χ1n) is 11.4. The number of piperidine rings is 1. The molecule has 2 aliphatic rings. The van der Waals surface area contributed by atoms with Gasteiger partial charge < -0.3 is 9.64 Å². The standard InChI is InChI=1S/C26H28N2O4S/c1-32-22-12-10-19(11-13-22)8-9-20-14-16-27(17-15-20)25(29)18-28-23-6-2-4-21-5-3-7-24(26(21)23)33(28,30)31/h2-7,10-13,20H,8-9,14-18H2,1H3. The van der Waals surface area contributed by atoms with Crippen LogP contribution in [0.15, 0.2) is 65.6 Å². The Labute approximate surface area is 194 Å². The van der Waals surface area contributed by atoms with E-state index in [9.17, 15) is 13.2 Å². The first-order valence-corrected chi connectivity index (χ1v) is 12.9. The van der Waals surface area contributed by atoms with Crippen LogP contribution in [-0.4, -0.2) is 46.0 Å². The lowest BCUT2D eigenvalue weighted by atomic mass is 9.90. The Kier molecular flexibility index (Phi) is 5.74. The summed E-state index contributed by atoms with van der Waals surface area (Å²) in [4.78, 5) is 15.2. The van der Waals surface area contributed by atoms with Crippen molar-refractivity contribution >= 4 is 32.4 Å². The molecule has 5 rings (SSSR count). The van der Waals surface area contributed by atoms with Crippen LogP contribution in [0.2, 0.25) is 0 Å². The second-order valence-electron chi connectivity index (χ2n) is 8.85. The molecule has 172 valence electrons. The number of carbonyl (C=O) groups excluding carboxylic acids is 1. The van der Waals surface area contributed by atoms with E-state index >= 15 is 0 Å². The molecular weight excluding hydrogens is 436 g/mol. The van der Waals surface area contributed by atoms with E-state index in [0.717, 1.165) is 36.8 Å². The predicted octanol–water partition coefficient (Wildman–Crippen LogP) is 4.23. The van der Waals surface area contributed by atoms with Crippen molar-refractivity contribution in [2.45, 2.75) is 30.6 Å². The number of aryl methyl sites for hydroxylation is 1. The van der Waals surface area contributed by atoms with E-state index in [1.165, 1.54) is 9.87 Å². The lowest BCUT2D eigenvalue weighted by molar-refractivity contribution is -0.130. The molecule has 1 fully saturated rings. The minimum absolute atomic E-state index is 0.128. The minimum atomic E-state index is -3.71. The highest BCUT2D eigenvalue weighted by Crippen LogP contribution is 2.41. The van der Waals surface area contributed by atoms with Crippen molar-refractivity contribution < 1.29 is 17.9 Å². The molecule has 33 heavy (non-hydrogen) atoms. The highest BCUT2D eigenvalue weighted by Gasteiger charge is 2.37. The van der Waals surface area contributed by atoms with E-state index in [-0.39, 0.29) is 12.5 Å². The number of sulfonamides is 1. The zero-order valence-corrected chi connectivity index (χ0v) is 19.6. The fourth-order valence-corrected chi connectivity index (χ4v) is 6.65. The summed E-state index contributed by atoms with van der Waals surface area (Å²) >= 11 is 0. The fraction of sp³-hybridized carbons (Fsp3) is 0.346. The molecule has 0 N–H and O–H groups in total. The molecule has 3 aromatic rings. The molecule has 0 radical (unpaired) electrons. The summed E-state index contributed by atoms with van der Waals surface area (Å²) in [5, 5.41) is 1.59. The molecule has 0 aliphatic carbocycles. The van der Waals surface area contributed by atoms with Crippen molar-refractivity contribution in [1.29, 1.82) is 0 Å². The second kappa shape index (κ2) is 8.71. The molecule has 1 amide bonds. The summed E-state index contributed by atoms with van der Waals surface area (Å²) in [7, 11) is -2.04. The SMILES string of the molecule is COc1ccc(CCC2CCN(C(=O)CN3c4cccc5cccc(c45)S3(=O)=O)CC2)cc1. The molecule has 2 heterocycles. The van der Waals surface area contributed by atoms with Gasteiger partial charge in [-0.1, -0.05) is 36.4 Å². The van der Waals surface area contributed by atoms with Crippen molar-refractivity contribution in [3.05, 3.63) is 66.2 Å². The average Bonchev–Trinajstić information content (AvgIpc) is 3.06. The van der Waals surface area contributed by atoms with Crippen LogP contribution >= 0.6 is 0 Å². The number of anilines is 1. The molecule has 0 atom stereocenters. The van der Waals surface area contributed by atoms with Crippen LogP contribution in [-0.2, 0) is 21.2 Å². The van der Waals surface area contributed by atoms with Gasteiger partial charge in [-0.3, -0.25) is 9.10 Å². The van der Waals surface area contributed by atoms with Gasteiger partial charge in [-0.05, 0) is 66.8 Å². The number of rotatable bonds is 6. The van der Waals surface area contributed by atoms with Gasteiger partial charge in [0.15, 0.2) is 0 Å². The van der Waals surface area contributed by atoms with Gasteiger partial charge >= 0.3 is 0 Å². The first-order chi connectivity index (χ1) is 16.0. The van der Waals surface area contributed by atoms with Gasteiger partial charge in [-0.2, -0.15) is 0 Å². The molecule has 7 heteroatoms. The largest absolute Gasteiger partial charge is 0.497 e. The van der Waals surface area contributed by atoms with E-state index in [4.69, 9.17) is 4.74 Å². The number of methoxy groups -OCH3 is 1. The molecule has 0 spiro atoms. The number of ether oxygens (including phenoxy) is 1. The maximum absolute atomic E-state index is 13.1. The normalized spacial score (nSPS) is 17.5. The smallest absolute Gasteiger partial charge is 0.265 e. The number of hydrogen-bond acceptors (Lipinski definition) is 4. The topological polar surface area (TPSA) is 66.9 Å². The minimum Gasteiger partial charge on any atom is -0.497 e. The van der Waals surface area contributed by atoms with Crippen molar-refractivity contribution in [1.82, 2.24) is 4.90 Å². The number of benzene rings is 3. The molecule has 0 bridgehead atoms. The monoisotopic (exact) mass is 464 g/mol. The van der Waals surface area contributed by atoms with Gasteiger partial charge in [0.25, 0.3) is 10.0 Å². The summed E-state index contributed by atoms with van der Waals surface area (Å²) in [6, 6.07) is 19.0. The first kappa shape index (κ1) is 21.8. The van der Waals surface area contributed by atoms with E-state index in [2.05, 4.69) is 12.1 Å². The molecule has 1 saturated heterocycles. The fourth-order valence-electron chi connectivity index (χ4n) is 4.99. The predicted molar refractivity (Wildman–Crippen MR) is 129 cm³/mol. The number of amides is 1. The van der Waals surface area contributed by atoms with Gasteiger partial charge in [0.05, 0.1) is 17.7 Å². The third-order valence-electron chi connectivity index (χ3n) is 6.93. The Morgan fingerprint density at radius 3 is 2.39 bits per heavy atom. The molecular formula is C26H28N2O4S. The van der Waals surface area contributed by atoms with E-state index in [0.29, 0.717) is 35.0 Å².